The Morgan fingerprint density at radius 2 is 2.24 bits per heavy atom. The van der Waals surface area contributed by atoms with Crippen LogP contribution in [0.15, 0.2) is 18.2 Å². The fourth-order valence-electron chi connectivity index (χ4n) is 1.35. The predicted octanol–water partition coefficient (Wildman–Crippen LogP) is 1.89. The molecule has 0 saturated carbocycles. The highest BCUT2D eigenvalue weighted by atomic mass is 19.1. The fraction of sp³-hybridized carbons (Fsp3) is 0.417. The minimum absolute atomic E-state index is 0.304. The number of anilines is 1. The summed E-state index contributed by atoms with van der Waals surface area (Å²) in [5.74, 6) is -1.97. The molecule has 0 spiro atoms. The number of likely N-dealkylation sites (N-methyl/N-ethyl adjacent to an activating group) is 1. The standard InChI is InChI=1S/C12H17FN2O2/c1-3-15(2)7-6-14-9-4-5-10(12(16)17)11(13)8-9/h4-5,8,14H,3,6-7H2,1-2H3,(H,16,17). The molecule has 5 heteroatoms. The third-order valence-corrected chi connectivity index (χ3v) is 2.56. The summed E-state index contributed by atoms with van der Waals surface area (Å²) >= 11 is 0. The van der Waals surface area contributed by atoms with Crippen LogP contribution in [-0.4, -0.2) is 42.7 Å². The van der Waals surface area contributed by atoms with Gasteiger partial charge >= 0.3 is 5.97 Å². The molecule has 0 bridgehead atoms. The van der Waals surface area contributed by atoms with E-state index in [0.29, 0.717) is 12.2 Å². The second-order valence-corrected chi connectivity index (χ2v) is 3.82. The van der Waals surface area contributed by atoms with Crippen molar-refractivity contribution in [3.05, 3.63) is 29.6 Å². The minimum Gasteiger partial charge on any atom is -0.478 e. The molecular weight excluding hydrogens is 223 g/mol. The van der Waals surface area contributed by atoms with Gasteiger partial charge in [-0.2, -0.15) is 0 Å². The summed E-state index contributed by atoms with van der Waals surface area (Å²) in [4.78, 5) is 12.7. The number of carboxylic acid groups (broad SMARTS) is 1. The Kier molecular flexibility index (Phi) is 4.90. The van der Waals surface area contributed by atoms with Crippen molar-refractivity contribution in [3.63, 3.8) is 0 Å². The first kappa shape index (κ1) is 13.4. The molecule has 0 aliphatic heterocycles. The van der Waals surface area contributed by atoms with Crippen molar-refractivity contribution in [2.45, 2.75) is 6.92 Å². The number of carbonyl (C=O) groups is 1. The van der Waals surface area contributed by atoms with Gasteiger partial charge in [0.05, 0.1) is 5.56 Å². The quantitative estimate of drug-likeness (QED) is 0.797. The van der Waals surface area contributed by atoms with Crippen LogP contribution >= 0.6 is 0 Å². The lowest BCUT2D eigenvalue weighted by Gasteiger charge is -2.14. The van der Waals surface area contributed by atoms with Crippen LogP contribution in [0.4, 0.5) is 10.1 Å². The maximum Gasteiger partial charge on any atom is 0.338 e. The topological polar surface area (TPSA) is 52.6 Å². The van der Waals surface area contributed by atoms with Crippen LogP contribution in [0.5, 0.6) is 0 Å². The molecule has 0 aliphatic rings. The summed E-state index contributed by atoms with van der Waals surface area (Å²) in [7, 11) is 2.00. The Labute approximate surface area is 100 Å². The maximum absolute atomic E-state index is 13.3. The Bertz CT molecular complexity index is 396. The average molecular weight is 240 g/mol. The van der Waals surface area contributed by atoms with E-state index < -0.39 is 11.8 Å². The number of nitrogens with one attached hydrogen (secondary N) is 1. The molecule has 94 valence electrons. The fourth-order valence-corrected chi connectivity index (χ4v) is 1.35. The van der Waals surface area contributed by atoms with Gasteiger partial charge in [-0.05, 0) is 31.8 Å². The van der Waals surface area contributed by atoms with Gasteiger partial charge in [0.25, 0.3) is 0 Å². The number of carboxylic acids is 1. The zero-order valence-electron chi connectivity index (χ0n) is 10.0. The van der Waals surface area contributed by atoms with Gasteiger partial charge in [-0.15, -0.1) is 0 Å². The number of aromatic carboxylic acids is 1. The first-order chi connectivity index (χ1) is 8.04. The van der Waals surface area contributed by atoms with Crippen LogP contribution in [0.2, 0.25) is 0 Å². The van der Waals surface area contributed by atoms with Gasteiger partial charge in [-0.3, -0.25) is 0 Å². The Balaban J connectivity index is 2.56. The average Bonchev–Trinajstić information content (AvgIpc) is 2.28. The summed E-state index contributed by atoms with van der Waals surface area (Å²) < 4.78 is 13.3. The number of hydrogen-bond acceptors (Lipinski definition) is 3. The number of benzene rings is 1. The number of nitrogens with zero attached hydrogens (tertiary/aromatic N) is 1. The highest BCUT2D eigenvalue weighted by molar-refractivity contribution is 5.88. The van der Waals surface area contributed by atoms with Crippen molar-refractivity contribution in [1.82, 2.24) is 4.90 Å². The van der Waals surface area contributed by atoms with Crippen molar-refractivity contribution in [1.29, 1.82) is 0 Å². The molecule has 0 atom stereocenters. The minimum atomic E-state index is -1.25. The molecule has 1 rings (SSSR count). The third kappa shape index (κ3) is 4.03. The molecule has 1 aromatic carbocycles. The monoisotopic (exact) mass is 240 g/mol. The molecule has 0 aromatic heterocycles. The normalized spacial score (nSPS) is 10.6. The first-order valence-corrected chi connectivity index (χ1v) is 5.50. The highest BCUT2D eigenvalue weighted by Crippen LogP contribution is 2.14. The van der Waals surface area contributed by atoms with Gasteiger partial charge in [0.1, 0.15) is 5.82 Å². The lowest BCUT2D eigenvalue weighted by molar-refractivity contribution is 0.0692. The molecule has 0 heterocycles. The second-order valence-electron chi connectivity index (χ2n) is 3.82. The molecule has 0 saturated heterocycles. The van der Waals surface area contributed by atoms with Crippen molar-refractivity contribution in [2.24, 2.45) is 0 Å². The SMILES string of the molecule is CCN(C)CCNc1ccc(C(=O)O)c(F)c1. The number of halogens is 1. The summed E-state index contributed by atoms with van der Waals surface area (Å²) in [5.41, 5.74) is 0.290. The van der Waals surface area contributed by atoms with Gasteiger partial charge in [0.15, 0.2) is 0 Å². The van der Waals surface area contributed by atoms with Crippen molar-refractivity contribution in [3.8, 4) is 0 Å². The van der Waals surface area contributed by atoms with E-state index in [9.17, 15) is 9.18 Å². The second kappa shape index (κ2) is 6.20. The Morgan fingerprint density at radius 1 is 1.53 bits per heavy atom. The zero-order valence-corrected chi connectivity index (χ0v) is 10.0. The van der Waals surface area contributed by atoms with Gasteiger partial charge < -0.3 is 15.3 Å². The maximum atomic E-state index is 13.3. The molecule has 17 heavy (non-hydrogen) atoms. The first-order valence-electron chi connectivity index (χ1n) is 5.50. The van der Waals surface area contributed by atoms with Crippen LogP contribution in [0.1, 0.15) is 17.3 Å². The summed E-state index contributed by atoms with van der Waals surface area (Å²) in [6.07, 6.45) is 0. The van der Waals surface area contributed by atoms with Crippen LogP contribution in [0, 0.1) is 5.82 Å². The van der Waals surface area contributed by atoms with E-state index >= 15 is 0 Å². The predicted molar refractivity (Wildman–Crippen MR) is 65.0 cm³/mol. The van der Waals surface area contributed by atoms with Gasteiger partial charge in [-0.25, -0.2) is 9.18 Å². The van der Waals surface area contributed by atoms with Gasteiger partial charge in [0, 0.05) is 18.8 Å². The largest absolute Gasteiger partial charge is 0.478 e. The van der Waals surface area contributed by atoms with Crippen LogP contribution < -0.4 is 5.32 Å². The van der Waals surface area contributed by atoms with E-state index in [1.165, 1.54) is 12.1 Å². The summed E-state index contributed by atoms with van der Waals surface area (Å²) in [6, 6.07) is 4.04. The van der Waals surface area contributed by atoms with Crippen LogP contribution in [0.3, 0.4) is 0 Å². The third-order valence-electron chi connectivity index (χ3n) is 2.56. The number of hydrogen-bond donors (Lipinski definition) is 2. The van der Waals surface area contributed by atoms with Gasteiger partial charge in [-0.1, -0.05) is 6.92 Å². The molecule has 0 unspecified atom stereocenters. The zero-order chi connectivity index (χ0) is 12.8. The molecule has 2 N–H and O–H groups in total. The smallest absolute Gasteiger partial charge is 0.338 e. The number of rotatable bonds is 6. The lowest BCUT2D eigenvalue weighted by atomic mass is 10.2. The molecule has 0 aliphatic carbocycles. The van der Waals surface area contributed by atoms with Crippen LogP contribution in [0.25, 0.3) is 0 Å². The molecule has 0 radical (unpaired) electrons. The van der Waals surface area contributed by atoms with Gasteiger partial charge in [0.2, 0.25) is 0 Å². The molecule has 1 aromatic rings. The summed E-state index contributed by atoms with van der Waals surface area (Å²) in [5, 5.41) is 11.7. The molecule has 0 fully saturated rings. The van der Waals surface area contributed by atoms with Crippen molar-refractivity contribution < 1.29 is 14.3 Å². The van der Waals surface area contributed by atoms with E-state index in [4.69, 9.17) is 5.11 Å². The summed E-state index contributed by atoms with van der Waals surface area (Å²) in [6.45, 7) is 4.55. The Morgan fingerprint density at radius 3 is 2.76 bits per heavy atom. The van der Waals surface area contributed by atoms with Crippen LogP contribution in [-0.2, 0) is 0 Å². The van der Waals surface area contributed by atoms with E-state index in [2.05, 4.69) is 17.1 Å². The molecule has 0 amide bonds. The Hall–Kier alpha value is -1.62. The van der Waals surface area contributed by atoms with E-state index in [1.807, 2.05) is 7.05 Å². The van der Waals surface area contributed by atoms with Crippen molar-refractivity contribution >= 4 is 11.7 Å². The molecule has 4 nitrogen and oxygen atoms in total. The van der Waals surface area contributed by atoms with Crippen molar-refractivity contribution in [2.75, 3.05) is 32.0 Å². The van der Waals surface area contributed by atoms with E-state index in [1.54, 1.807) is 6.07 Å². The molecular formula is C12H17FN2O2. The highest BCUT2D eigenvalue weighted by Gasteiger charge is 2.09. The van der Waals surface area contributed by atoms with E-state index in [0.717, 1.165) is 13.1 Å². The van der Waals surface area contributed by atoms with E-state index in [-0.39, 0.29) is 5.56 Å². The lowest BCUT2D eigenvalue weighted by Crippen LogP contribution is -2.24.